The van der Waals surface area contributed by atoms with Crippen molar-refractivity contribution in [2.75, 3.05) is 12.8 Å². The molecule has 0 saturated carbocycles. The number of nitrogens with two attached hydrogens (primary N) is 1. The highest BCUT2D eigenvalue weighted by Gasteiger charge is 2.12. The lowest BCUT2D eigenvalue weighted by Crippen LogP contribution is -2.22. The minimum absolute atomic E-state index is 0.336. The molecule has 1 atom stereocenters. The zero-order valence-corrected chi connectivity index (χ0v) is 12.9. The number of hydrogen-bond donors (Lipinski definition) is 1. The van der Waals surface area contributed by atoms with Gasteiger partial charge < -0.3 is 5.73 Å². The van der Waals surface area contributed by atoms with E-state index in [-0.39, 0.29) is 0 Å². The van der Waals surface area contributed by atoms with Gasteiger partial charge in [0.05, 0.1) is 0 Å². The zero-order valence-electron chi connectivity index (χ0n) is 11.3. The topological polar surface area (TPSA) is 29.3 Å². The number of benzene rings is 2. The molecule has 0 radical (unpaired) electrons. The van der Waals surface area contributed by atoms with Crippen LogP contribution in [0.1, 0.15) is 24.1 Å². The third kappa shape index (κ3) is 3.82. The van der Waals surface area contributed by atoms with Gasteiger partial charge in [-0.25, -0.2) is 0 Å². The Morgan fingerprint density at radius 2 is 1.89 bits per heavy atom. The van der Waals surface area contributed by atoms with E-state index in [0.717, 1.165) is 16.7 Å². The minimum atomic E-state index is 0.336. The second-order valence-electron chi connectivity index (χ2n) is 4.89. The van der Waals surface area contributed by atoms with Crippen LogP contribution in [0.2, 0.25) is 0 Å². The highest BCUT2D eigenvalue weighted by Crippen LogP contribution is 2.23. The predicted octanol–water partition coefficient (Wildman–Crippen LogP) is 4.22. The molecule has 2 rings (SSSR count). The molecule has 2 aromatic rings. The summed E-state index contributed by atoms with van der Waals surface area (Å²) in [7, 11) is 2.13. The maximum Gasteiger partial charge on any atom is 0.0321 e. The molecule has 19 heavy (non-hydrogen) atoms. The van der Waals surface area contributed by atoms with Crippen LogP contribution in [-0.4, -0.2) is 11.9 Å². The molecule has 1 unspecified atom stereocenters. The lowest BCUT2D eigenvalue weighted by atomic mass is 10.1. The molecule has 2 aromatic carbocycles. The van der Waals surface area contributed by atoms with Gasteiger partial charge in [0.15, 0.2) is 0 Å². The first-order valence-corrected chi connectivity index (χ1v) is 7.15. The fraction of sp³-hybridized carbons (Fsp3) is 0.250. The van der Waals surface area contributed by atoms with Crippen LogP contribution in [0.3, 0.4) is 0 Å². The molecule has 0 aliphatic carbocycles. The SMILES string of the molecule is CC(c1cccc(N)c1)N(C)Cc1cccc(Br)c1. The van der Waals surface area contributed by atoms with Gasteiger partial charge in [0.2, 0.25) is 0 Å². The third-order valence-corrected chi connectivity index (χ3v) is 3.87. The molecular weight excluding hydrogens is 300 g/mol. The predicted molar refractivity (Wildman–Crippen MR) is 84.9 cm³/mol. The van der Waals surface area contributed by atoms with Crippen molar-refractivity contribution >= 4 is 21.6 Å². The summed E-state index contributed by atoms with van der Waals surface area (Å²) in [5.74, 6) is 0. The first-order valence-electron chi connectivity index (χ1n) is 6.36. The van der Waals surface area contributed by atoms with E-state index in [1.165, 1.54) is 11.1 Å². The molecule has 2 N–H and O–H groups in total. The standard InChI is InChI=1S/C16H19BrN2/c1-12(14-6-4-8-16(18)10-14)19(2)11-13-5-3-7-15(17)9-13/h3-10,12H,11,18H2,1-2H3. The molecular formula is C16H19BrN2. The third-order valence-electron chi connectivity index (χ3n) is 3.38. The second kappa shape index (κ2) is 6.22. The van der Waals surface area contributed by atoms with Gasteiger partial charge in [-0.15, -0.1) is 0 Å². The molecule has 0 heterocycles. The molecule has 0 aromatic heterocycles. The van der Waals surface area contributed by atoms with Crippen molar-refractivity contribution in [2.24, 2.45) is 0 Å². The van der Waals surface area contributed by atoms with Gasteiger partial charge in [-0.2, -0.15) is 0 Å². The molecule has 0 spiro atoms. The normalized spacial score (nSPS) is 12.6. The van der Waals surface area contributed by atoms with Crippen molar-refractivity contribution in [3.8, 4) is 0 Å². The summed E-state index contributed by atoms with van der Waals surface area (Å²) in [6, 6.07) is 16.8. The minimum Gasteiger partial charge on any atom is -0.399 e. The van der Waals surface area contributed by atoms with E-state index < -0.39 is 0 Å². The van der Waals surface area contributed by atoms with E-state index in [4.69, 9.17) is 5.73 Å². The lowest BCUT2D eigenvalue weighted by Gasteiger charge is -2.25. The summed E-state index contributed by atoms with van der Waals surface area (Å²) in [6.45, 7) is 3.11. The summed E-state index contributed by atoms with van der Waals surface area (Å²) in [6.07, 6.45) is 0. The van der Waals surface area contributed by atoms with E-state index in [9.17, 15) is 0 Å². The molecule has 3 heteroatoms. The van der Waals surface area contributed by atoms with Crippen LogP contribution in [0.4, 0.5) is 5.69 Å². The number of rotatable bonds is 4. The van der Waals surface area contributed by atoms with E-state index in [0.29, 0.717) is 6.04 Å². The smallest absolute Gasteiger partial charge is 0.0321 e. The Morgan fingerprint density at radius 3 is 2.58 bits per heavy atom. The first-order chi connectivity index (χ1) is 9.06. The fourth-order valence-corrected chi connectivity index (χ4v) is 2.58. The van der Waals surface area contributed by atoms with Crippen LogP contribution in [0, 0.1) is 0 Å². The summed E-state index contributed by atoms with van der Waals surface area (Å²) < 4.78 is 1.12. The van der Waals surface area contributed by atoms with E-state index >= 15 is 0 Å². The Bertz CT molecular complexity index is 554. The summed E-state index contributed by atoms with van der Waals surface area (Å²) in [5.41, 5.74) is 9.21. The Kier molecular flexibility index (Phi) is 4.61. The number of nitrogen functional groups attached to an aromatic ring is 1. The van der Waals surface area contributed by atoms with Gasteiger partial charge in [-0.1, -0.05) is 40.2 Å². The molecule has 0 aliphatic heterocycles. The number of hydrogen-bond acceptors (Lipinski definition) is 2. The van der Waals surface area contributed by atoms with Gasteiger partial charge in [0.1, 0.15) is 0 Å². The molecule has 0 saturated heterocycles. The zero-order chi connectivity index (χ0) is 13.8. The molecule has 0 amide bonds. The van der Waals surface area contributed by atoms with Crippen molar-refractivity contribution in [1.29, 1.82) is 0 Å². The highest BCUT2D eigenvalue weighted by atomic mass is 79.9. The molecule has 0 fully saturated rings. The van der Waals surface area contributed by atoms with Crippen molar-refractivity contribution in [2.45, 2.75) is 19.5 Å². The van der Waals surface area contributed by atoms with Crippen LogP contribution in [0.15, 0.2) is 53.0 Å². The quantitative estimate of drug-likeness (QED) is 0.855. The van der Waals surface area contributed by atoms with Crippen molar-refractivity contribution in [1.82, 2.24) is 4.90 Å². The Morgan fingerprint density at radius 1 is 1.16 bits per heavy atom. The maximum absolute atomic E-state index is 5.84. The van der Waals surface area contributed by atoms with Gasteiger partial charge >= 0.3 is 0 Å². The van der Waals surface area contributed by atoms with Crippen molar-refractivity contribution < 1.29 is 0 Å². The number of nitrogens with zero attached hydrogens (tertiary/aromatic N) is 1. The maximum atomic E-state index is 5.84. The number of anilines is 1. The summed E-state index contributed by atoms with van der Waals surface area (Å²) >= 11 is 3.51. The highest BCUT2D eigenvalue weighted by molar-refractivity contribution is 9.10. The van der Waals surface area contributed by atoms with Gasteiger partial charge in [0, 0.05) is 22.7 Å². The Labute approximate surface area is 123 Å². The average molecular weight is 319 g/mol. The Hall–Kier alpha value is -1.32. The van der Waals surface area contributed by atoms with Crippen molar-refractivity contribution in [3.63, 3.8) is 0 Å². The van der Waals surface area contributed by atoms with Crippen LogP contribution < -0.4 is 5.73 Å². The molecule has 2 nitrogen and oxygen atoms in total. The second-order valence-corrected chi connectivity index (χ2v) is 5.81. The number of halogens is 1. The van der Waals surface area contributed by atoms with Gasteiger partial charge in [-0.3, -0.25) is 4.90 Å². The average Bonchev–Trinajstić information content (AvgIpc) is 2.38. The van der Waals surface area contributed by atoms with Crippen molar-refractivity contribution in [3.05, 3.63) is 64.1 Å². The molecule has 0 aliphatic rings. The summed E-state index contributed by atoms with van der Waals surface area (Å²) in [4.78, 5) is 2.32. The van der Waals surface area contributed by atoms with Gasteiger partial charge in [0.25, 0.3) is 0 Å². The van der Waals surface area contributed by atoms with Crippen LogP contribution >= 0.6 is 15.9 Å². The van der Waals surface area contributed by atoms with Crippen LogP contribution in [0.5, 0.6) is 0 Å². The summed E-state index contributed by atoms with van der Waals surface area (Å²) in [5, 5.41) is 0. The first kappa shape index (κ1) is 14.1. The molecule has 100 valence electrons. The largest absolute Gasteiger partial charge is 0.399 e. The molecule has 0 bridgehead atoms. The van der Waals surface area contributed by atoms with E-state index in [1.54, 1.807) is 0 Å². The van der Waals surface area contributed by atoms with E-state index in [2.05, 4.69) is 59.1 Å². The fourth-order valence-electron chi connectivity index (χ4n) is 2.13. The van der Waals surface area contributed by atoms with Gasteiger partial charge in [-0.05, 0) is 49.4 Å². The van der Waals surface area contributed by atoms with Crippen LogP contribution in [0.25, 0.3) is 0 Å². The van der Waals surface area contributed by atoms with E-state index in [1.807, 2.05) is 24.3 Å². The lowest BCUT2D eigenvalue weighted by molar-refractivity contribution is 0.253. The van der Waals surface area contributed by atoms with Crippen LogP contribution in [-0.2, 0) is 6.54 Å². The Balaban J connectivity index is 2.09. The monoisotopic (exact) mass is 318 g/mol.